The Kier molecular flexibility index (Phi) is 6.18. The minimum absolute atomic E-state index is 0.678. The predicted octanol–water partition coefficient (Wildman–Crippen LogP) is 5.95. The highest BCUT2D eigenvalue weighted by Gasteiger charge is 2.43. The number of hydrogen-bond acceptors (Lipinski definition) is 1. The van der Waals surface area contributed by atoms with Crippen LogP contribution in [0.4, 0.5) is 0 Å². The molecule has 2 nitrogen and oxygen atoms in total. The van der Waals surface area contributed by atoms with Crippen molar-refractivity contribution in [3.63, 3.8) is 0 Å². The third-order valence-electron chi connectivity index (χ3n) is 3.16. The van der Waals surface area contributed by atoms with Gasteiger partial charge in [0.2, 0.25) is 0 Å². The Morgan fingerprint density at radius 3 is 1.26 bits per heavy atom. The van der Waals surface area contributed by atoms with Gasteiger partial charge in [-0.05, 0) is 12.3 Å². The number of hydrogen-bond donors (Lipinski definition) is 0. The molecule has 0 saturated carbocycles. The standard InChI is InChI=1S/C13H37N2PSi3/c1-13(2)16(3,14-17(4,5)6)15(18(7,8)9)19(10,11)12/h13H,1-12H3. The van der Waals surface area contributed by atoms with Gasteiger partial charge in [-0.15, -0.1) is 0 Å². The third-order valence-corrected chi connectivity index (χ3v) is 22.5. The molecule has 0 aliphatic carbocycles. The summed E-state index contributed by atoms with van der Waals surface area (Å²) in [6, 6.07) is 0. The van der Waals surface area contributed by atoms with Crippen molar-refractivity contribution >= 4 is 31.9 Å². The van der Waals surface area contributed by atoms with Crippen LogP contribution < -0.4 is 0 Å². The molecule has 0 spiro atoms. The molecule has 0 aromatic rings. The van der Waals surface area contributed by atoms with Gasteiger partial charge in [0.15, 0.2) is 8.24 Å². The second-order valence-electron chi connectivity index (χ2n) is 9.00. The Morgan fingerprint density at radius 1 is 0.789 bits per heavy atom. The first-order valence-corrected chi connectivity index (χ1v) is 20.0. The lowest BCUT2D eigenvalue weighted by Gasteiger charge is -2.52. The maximum absolute atomic E-state index is 5.52. The van der Waals surface area contributed by atoms with Crippen LogP contribution >= 0.6 is 7.21 Å². The monoisotopic (exact) mass is 336 g/mol. The fourth-order valence-corrected chi connectivity index (χ4v) is 29.8. The molecule has 0 aliphatic heterocycles. The average Bonchev–Trinajstić information content (AvgIpc) is 1.91. The maximum atomic E-state index is 5.52. The SMILES string of the molecule is CC(C)P(C)(=N[Si](C)(C)C)N([Si](C)(C)C)[Si](C)(C)C. The summed E-state index contributed by atoms with van der Waals surface area (Å²) >= 11 is 0. The van der Waals surface area contributed by atoms with Crippen molar-refractivity contribution in [1.29, 1.82) is 0 Å². The van der Waals surface area contributed by atoms with Crippen LogP contribution in [0.15, 0.2) is 4.41 Å². The van der Waals surface area contributed by atoms with E-state index in [0.717, 1.165) is 0 Å². The molecule has 116 valence electrons. The Bertz CT molecular complexity index is 346. The van der Waals surface area contributed by atoms with Gasteiger partial charge in [-0.1, -0.05) is 72.8 Å². The molecule has 0 aliphatic rings. The van der Waals surface area contributed by atoms with Crippen LogP contribution in [-0.4, -0.2) is 41.0 Å². The van der Waals surface area contributed by atoms with Crippen LogP contribution in [0.25, 0.3) is 0 Å². The van der Waals surface area contributed by atoms with E-state index in [2.05, 4.69) is 83.4 Å². The highest BCUT2D eigenvalue weighted by atomic mass is 31.2. The molecule has 0 fully saturated rings. The molecule has 0 amide bonds. The molecule has 1 unspecified atom stereocenters. The molecule has 0 bridgehead atoms. The van der Waals surface area contributed by atoms with Gasteiger partial charge in [-0.25, -0.2) is 0 Å². The van der Waals surface area contributed by atoms with Crippen LogP contribution in [0.1, 0.15) is 13.8 Å². The molecule has 0 aromatic heterocycles. The van der Waals surface area contributed by atoms with Gasteiger partial charge < -0.3 is 8.41 Å². The molecule has 0 saturated heterocycles. The lowest BCUT2D eigenvalue weighted by Crippen LogP contribution is -2.57. The van der Waals surface area contributed by atoms with E-state index in [1.807, 2.05) is 0 Å². The van der Waals surface area contributed by atoms with Crippen molar-refractivity contribution in [2.24, 2.45) is 4.41 Å². The fraction of sp³-hybridized carbons (Fsp3) is 1.00. The van der Waals surface area contributed by atoms with Crippen LogP contribution in [0, 0.1) is 0 Å². The van der Waals surface area contributed by atoms with Crippen molar-refractivity contribution < 1.29 is 0 Å². The molecular weight excluding hydrogens is 299 g/mol. The zero-order valence-electron chi connectivity index (χ0n) is 15.4. The van der Waals surface area contributed by atoms with Crippen LogP contribution in [0.2, 0.25) is 58.9 Å². The highest BCUT2D eigenvalue weighted by Crippen LogP contribution is 2.59. The zero-order chi connectivity index (χ0) is 15.9. The first kappa shape index (κ1) is 19.8. The Labute approximate surface area is 125 Å². The fourth-order valence-electron chi connectivity index (χ4n) is 3.22. The van der Waals surface area contributed by atoms with Crippen molar-refractivity contribution in [3.05, 3.63) is 0 Å². The topological polar surface area (TPSA) is 15.6 Å². The quantitative estimate of drug-likeness (QED) is 0.447. The minimum Gasteiger partial charge on any atom is -0.326 e. The smallest absolute Gasteiger partial charge is 0.172 e. The summed E-state index contributed by atoms with van der Waals surface area (Å²) in [6.45, 7) is 29.5. The van der Waals surface area contributed by atoms with Crippen LogP contribution in [0.3, 0.4) is 0 Å². The highest BCUT2D eigenvalue weighted by molar-refractivity contribution is 7.69. The summed E-state index contributed by atoms with van der Waals surface area (Å²) < 4.78 is 8.51. The van der Waals surface area contributed by atoms with Gasteiger partial charge in [0.25, 0.3) is 0 Å². The van der Waals surface area contributed by atoms with Gasteiger partial charge in [0.05, 0.1) is 0 Å². The Morgan fingerprint density at radius 2 is 1.11 bits per heavy atom. The van der Waals surface area contributed by atoms with Gasteiger partial charge in [0, 0.05) is 7.21 Å². The molecule has 0 heterocycles. The van der Waals surface area contributed by atoms with Crippen molar-refractivity contribution in [2.45, 2.75) is 78.4 Å². The molecule has 0 N–H and O–H groups in total. The third kappa shape index (κ3) is 5.62. The van der Waals surface area contributed by atoms with E-state index in [1.54, 1.807) is 0 Å². The van der Waals surface area contributed by atoms with Crippen molar-refractivity contribution in [3.8, 4) is 0 Å². The lowest BCUT2D eigenvalue weighted by atomic mass is 10.6. The van der Waals surface area contributed by atoms with E-state index in [9.17, 15) is 0 Å². The van der Waals surface area contributed by atoms with Gasteiger partial charge in [0.1, 0.15) is 16.5 Å². The predicted molar refractivity (Wildman–Crippen MR) is 102 cm³/mol. The van der Waals surface area contributed by atoms with Crippen molar-refractivity contribution in [1.82, 2.24) is 4.00 Å². The van der Waals surface area contributed by atoms with E-state index in [4.69, 9.17) is 4.41 Å². The van der Waals surface area contributed by atoms with E-state index >= 15 is 0 Å². The first-order valence-electron chi connectivity index (χ1n) is 7.43. The summed E-state index contributed by atoms with van der Waals surface area (Å²) in [5.74, 6) is 0. The first-order chi connectivity index (χ1) is 8.02. The molecular formula is C13H37N2PSi3. The number of nitrogens with zero attached hydrogens (tertiary/aromatic N) is 2. The minimum atomic E-state index is -1.40. The Hall–Kier alpha value is 0.841. The van der Waals surface area contributed by atoms with Gasteiger partial charge in [-0.3, -0.25) is 0 Å². The van der Waals surface area contributed by atoms with E-state index < -0.39 is 31.9 Å². The average molecular weight is 337 g/mol. The maximum Gasteiger partial charge on any atom is 0.172 e. The molecule has 0 radical (unpaired) electrons. The molecule has 6 heteroatoms. The number of rotatable bonds is 5. The van der Waals surface area contributed by atoms with E-state index in [-0.39, 0.29) is 0 Å². The second kappa shape index (κ2) is 5.91. The summed E-state index contributed by atoms with van der Waals surface area (Å²) in [5.41, 5.74) is 0.678. The van der Waals surface area contributed by atoms with Crippen LogP contribution in [-0.2, 0) is 0 Å². The normalized spacial score (nSPS) is 17.8. The molecule has 19 heavy (non-hydrogen) atoms. The van der Waals surface area contributed by atoms with E-state index in [1.165, 1.54) is 0 Å². The van der Waals surface area contributed by atoms with Crippen LogP contribution in [0.5, 0.6) is 0 Å². The van der Waals surface area contributed by atoms with E-state index in [0.29, 0.717) is 5.66 Å². The second-order valence-corrected chi connectivity index (χ2v) is 28.3. The lowest BCUT2D eigenvalue weighted by molar-refractivity contribution is 0.908. The zero-order valence-corrected chi connectivity index (χ0v) is 19.3. The Balaban J connectivity index is 6.21. The molecule has 0 aromatic carbocycles. The molecule has 0 rings (SSSR count). The molecule has 1 atom stereocenters. The summed E-state index contributed by atoms with van der Waals surface area (Å²) in [5, 5.41) is 0. The summed E-state index contributed by atoms with van der Waals surface area (Å²) in [4.78, 5) is 0. The van der Waals surface area contributed by atoms with Gasteiger partial charge >= 0.3 is 0 Å². The van der Waals surface area contributed by atoms with Gasteiger partial charge in [-0.2, -0.15) is 0 Å². The largest absolute Gasteiger partial charge is 0.326 e. The van der Waals surface area contributed by atoms with Crippen molar-refractivity contribution in [2.75, 3.05) is 6.66 Å². The summed E-state index contributed by atoms with van der Waals surface area (Å²) in [7, 11) is -5.47. The summed E-state index contributed by atoms with van der Waals surface area (Å²) in [6.07, 6.45) is 0.